The number of halogens is 1. The van der Waals surface area contributed by atoms with Crippen LogP contribution in [0.25, 0.3) is 10.9 Å². The number of aromatic amines is 1. The summed E-state index contributed by atoms with van der Waals surface area (Å²) in [4.78, 5) is 47.3. The third-order valence-corrected chi connectivity index (χ3v) is 10.6. The number of carbonyl (C=O) groups is 2. The number of aromatic nitrogens is 2. The summed E-state index contributed by atoms with van der Waals surface area (Å²) in [5.74, 6) is -1.17. The Morgan fingerprint density at radius 2 is 1.78 bits per heavy atom. The summed E-state index contributed by atoms with van der Waals surface area (Å²) >= 11 is 0. The molecule has 0 radical (unpaired) electrons. The maximum Gasteiger partial charge on any atom is 0.411 e. The van der Waals surface area contributed by atoms with Gasteiger partial charge in [-0.3, -0.25) is 14.9 Å². The zero-order chi connectivity index (χ0) is 32.0. The second-order valence-corrected chi connectivity index (χ2v) is 13.8. The number of nitrogens with zero attached hydrogens (tertiary/aromatic N) is 2. The van der Waals surface area contributed by atoms with Crippen LogP contribution in [0.4, 0.5) is 20.6 Å². The molecule has 1 aromatic heterocycles. The van der Waals surface area contributed by atoms with Crippen molar-refractivity contribution >= 4 is 44.1 Å². The molecule has 0 spiro atoms. The molecule has 3 heterocycles. The molecular weight excluding hydrogens is 601 g/mol. The van der Waals surface area contributed by atoms with Crippen molar-refractivity contribution in [1.29, 1.82) is 0 Å². The highest BCUT2D eigenvalue weighted by molar-refractivity contribution is 7.92. The summed E-state index contributed by atoms with van der Waals surface area (Å²) < 4.78 is 47.5. The number of fused-ring (bicyclic) bond motifs is 10. The molecule has 4 bridgehead atoms. The van der Waals surface area contributed by atoms with E-state index < -0.39 is 44.5 Å². The van der Waals surface area contributed by atoms with E-state index >= 15 is 4.39 Å². The standard InChI is InChI=1S/C32H32FN5O6S/c1-17-10-19-11-18(2)23(17)8-9-44-32(41)36-21-4-7-28(45(42,43)22-5-6-22)20(12-21)15-38(3)31(40)29(19)37-27-13-24-26(14-25(27)33)34-16-35-30(24)39/h4,7,10-14,16,22,29,37H,5-6,8-9,15H2,1-3H3,(H,36,41)(H,34,35,39). The largest absolute Gasteiger partial charge is 0.449 e. The van der Waals surface area contributed by atoms with Crippen LogP contribution in [-0.2, 0) is 32.3 Å². The first-order chi connectivity index (χ1) is 21.4. The van der Waals surface area contributed by atoms with Crippen LogP contribution in [0.3, 0.4) is 0 Å². The van der Waals surface area contributed by atoms with Crippen LogP contribution in [-0.4, -0.2) is 54.2 Å². The van der Waals surface area contributed by atoms with Gasteiger partial charge in [0.15, 0.2) is 9.84 Å². The van der Waals surface area contributed by atoms with E-state index in [-0.39, 0.29) is 34.6 Å². The molecular formula is C32H32FN5O6S. The predicted molar refractivity (Wildman–Crippen MR) is 166 cm³/mol. The van der Waals surface area contributed by atoms with Crippen LogP contribution in [0.1, 0.15) is 46.7 Å². The first-order valence-corrected chi connectivity index (χ1v) is 16.1. The topological polar surface area (TPSA) is 151 Å². The summed E-state index contributed by atoms with van der Waals surface area (Å²) in [6.07, 6.45) is 2.03. The maximum atomic E-state index is 15.4. The minimum absolute atomic E-state index is 0.0725. The number of aryl methyl sites for hydroxylation is 2. The van der Waals surface area contributed by atoms with Crippen molar-refractivity contribution in [2.45, 2.75) is 55.8 Å². The van der Waals surface area contributed by atoms with E-state index in [0.717, 1.165) is 22.8 Å². The zero-order valence-electron chi connectivity index (χ0n) is 24.9. The quantitative estimate of drug-likeness (QED) is 0.297. The Labute approximate surface area is 258 Å². The Kier molecular flexibility index (Phi) is 7.81. The number of carbonyl (C=O) groups excluding carboxylic acids is 2. The normalized spacial score (nSPS) is 17.7. The molecule has 7 rings (SSSR count). The summed E-state index contributed by atoms with van der Waals surface area (Å²) in [5, 5.41) is 5.33. The molecule has 4 aromatic rings. The lowest BCUT2D eigenvalue weighted by Gasteiger charge is -2.28. The fraction of sp³-hybridized carbons (Fsp3) is 0.312. The fourth-order valence-corrected chi connectivity index (χ4v) is 7.66. The molecule has 1 aliphatic carbocycles. The van der Waals surface area contributed by atoms with Gasteiger partial charge in [0.1, 0.15) is 11.9 Å². The number of sulfone groups is 1. The molecule has 234 valence electrons. The smallest absolute Gasteiger partial charge is 0.411 e. The lowest BCUT2D eigenvalue weighted by Crippen LogP contribution is -2.35. The zero-order valence-corrected chi connectivity index (χ0v) is 25.8. The summed E-state index contributed by atoms with van der Waals surface area (Å²) in [6.45, 7) is 3.72. The van der Waals surface area contributed by atoms with Gasteiger partial charge in [-0.2, -0.15) is 0 Å². The SMILES string of the molecule is Cc1cc2cc(C)c1CCOC(=O)Nc1ccc(S(=O)(=O)C3CC3)c(c1)CN(C)C(=O)C2Nc1cc2c(=O)[nH]cnc2cc1F. The Balaban J connectivity index is 1.46. The van der Waals surface area contributed by atoms with Gasteiger partial charge in [0.25, 0.3) is 5.56 Å². The first kappa shape index (κ1) is 30.3. The molecule has 1 fully saturated rings. The van der Waals surface area contributed by atoms with E-state index in [0.29, 0.717) is 36.1 Å². The lowest BCUT2D eigenvalue weighted by atomic mass is 9.93. The monoisotopic (exact) mass is 633 g/mol. The molecule has 3 aromatic carbocycles. The first-order valence-electron chi connectivity index (χ1n) is 14.5. The maximum absolute atomic E-state index is 15.4. The van der Waals surface area contributed by atoms with Gasteiger partial charge in [-0.15, -0.1) is 0 Å². The van der Waals surface area contributed by atoms with Gasteiger partial charge >= 0.3 is 6.09 Å². The van der Waals surface area contributed by atoms with Crippen molar-refractivity contribution in [2.75, 3.05) is 24.3 Å². The second-order valence-electron chi connectivity index (χ2n) is 11.6. The molecule has 11 nitrogen and oxygen atoms in total. The predicted octanol–water partition coefficient (Wildman–Crippen LogP) is 4.53. The Bertz CT molecular complexity index is 2000. The number of rotatable bonds is 4. The number of nitrogens with one attached hydrogen (secondary N) is 3. The highest BCUT2D eigenvalue weighted by Gasteiger charge is 2.38. The molecule has 1 atom stereocenters. The van der Waals surface area contributed by atoms with Gasteiger partial charge in [0.05, 0.1) is 39.7 Å². The number of likely N-dealkylation sites (N-methyl/N-ethyl adjacent to an activating group) is 1. The summed E-state index contributed by atoms with van der Waals surface area (Å²) in [7, 11) is -2.13. The Morgan fingerprint density at radius 3 is 2.49 bits per heavy atom. The molecule has 2 amide bonds. The second kappa shape index (κ2) is 11.6. The van der Waals surface area contributed by atoms with E-state index in [1.54, 1.807) is 0 Å². The molecule has 0 saturated heterocycles. The Morgan fingerprint density at radius 1 is 1.04 bits per heavy atom. The van der Waals surface area contributed by atoms with Crippen molar-refractivity contribution < 1.29 is 27.1 Å². The van der Waals surface area contributed by atoms with Crippen molar-refractivity contribution in [3.63, 3.8) is 0 Å². The highest BCUT2D eigenvalue weighted by Crippen LogP contribution is 2.36. The number of anilines is 2. The van der Waals surface area contributed by atoms with Crippen LogP contribution in [0.5, 0.6) is 0 Å². The third-order valence-electron chi connectivity index (χ3n) is 8.27. The molecule has 1 saturated carbocycles. The molecule has 13 heteroatoms. The number of ether oxygens (including phenoxy) is 1. The number of hydrogen-bond acceptors (Lipinski definition) is 8. The summed E-state index contributed by atoms with van der Waals surface area (Å²) in [6, 6.07) is 9.44. The number of benzene rings is 3. The minimum atomic E-state index is -3.66. The minimum Gasteiger partial charge on any atom is -0.449 e. The van der Waals surface area contributed by atoms with Crippen LogP contribution in [0.15, 0.2) is 58.5 Å². The molecule has 2 aliphatic heterocycles. The fourth-order valence-electron chi connectivity index (χ4n) is 5.80. The van der Waals surface area contributed by atoms with Crippen molar-refractivity contribution in [3.05, 3.63) is 92.8 Å². The van der Waals surface area contributed by atoms with Gasteiger partial charge in [-0.05, 0) is 78.8 Å². The molecule has 3 N–H and O–H groups in total. The average molecular weight is 634 g/mol. The number of amides is 2. The highest BCUT2D eigenvalue weighted by atomic mass is 32.2. The van der Waals surface area contributed by atoms with Gasteiger partial charge < -0.3 is 19.9 Å². The number of hydrogen-bond donors (Lipinski definition) is 3. The van der Waals surface area contributed by atoms with Crippen LogP contribution in [0.2, 0.25) is 0 Å². The van der Waals surface area contributed by atoms with Crippen molar-refractivity contribution in [3.8, 4) is 0 Å². The molecule has 1 unspecified atom stereocenters. The van der Waals surface area contributed by atoms with E-state index in [9.17, 15) is 22.8 Å². The van der Waals surface area contributed by atoms with E-state index in [1.807, 2.05) is 26.0 Å². The summed E-state index contributed by atoms with van der Waals surface area (Å²) in [5.41, 5.74) is 3.42. The third kappa shape index (κ3) is 5.99. The van der Waals surface area contributed by atoms with E-state index in [2.05, 4.69) is 20.6 Å². The number of H-pyrrole nitrogens is 1. The average Bonchev–Trinajstić information content (AvgIpc) is 3.84. The van der Waals surface area contributed by atoms with Gasteiger partial charge in [-0.1, -0.05) is 12.1 Å². The Hall–Kier alpha value is -4.78. The van der Waals surface area contributed by atoms with Crippen molar-refractivity contribution in [1.82, 2.24) is 14.9 Å². The van der Waals surface area contributed by atoms with Crippen molar-refractivity contribution in [2.24, 2.45) is 0 Å². The molecule has 45 heavy (non-hydrogen) atoms. The van der Waals surface area contributed by atoms with Crippen LogP contribution in [0, 0.1) is 19.7 Å². The van der Waals surface area contributed by atoms with Gasteiger partial charge in [-0.25, -0.2) is 22.6 Å². The lowest BCUT2D eigenvalue weighted by molar-refractivity contribution is -0.131. The van der Waals surface area contributed by atoms with E-state index in [4.69, 9.17) is 4.74 Å². The van der Waals surface area contributed by atoms with E-state index in [1.165, 1.54) is 42.5 Å². The van der Waals surface area contributed by atoms with Gasteiger partial charge in [0.2, 0.25) is 5.91 Å². The van der Waals surface area contributed by atoms with Crippen LogP contribution >= 0.6 is 0 Å². The molecule has 3 aliphatic rings. The van der Waals surface area contributed by atoms with Gasteiger partial charge in [0, 0.05) is 31.8 Å². The van der Waals surface area contributed by atoms with Crippen LogP contribution < -0.4 is 16.2 Å².